The molecule has 1 aromatic rings. The Hall–Kier alpha value is -0.430. The lowest BCUT2D eigenvalue weighted by Crippen LogP contribution is -2.37. The molecule has 0 aliphatic carbocycles. The number of nitrogens with one attached hydrogen (secondary N) is 1. The summed E-state index contributed by atoms with van der Waals surface area (Å²) in [5.74, 6) is 0. The quantitative estimate of drug-likeness (QED) is 0.834. The van der Waals surface area contributed by atoms with Gasteiger partial charge in [0.1, 0.15) is 4.21 Å². The lowest BCUT2D eigenvalue weighted by molar-refractivity contribution is 0.564. The highest BCUT2D eigenvalue weighted by atomic mass is 32.2. The van der Waals surface area contributed by atoms with Crippen LogP contribution in [0, 0.1) is 13.8 Å². The van der Waals surface area contributed by atoms with Gasteiger partial charge in [-0.15, -0.1) is 11.3 Å². The van der Waals surface area contributed by atoms with Crippen LogP contribution in [0.1, 0.15) is 17.4 Å². The zero-order valence-corrected chi connectivity index (χ0v) is 10.7. The van der Waals surface area contributed by atoms with Gasteiger partial charge in [-0.3, -0.25) is 0 Å². The summed E-state index contributed by atoms with van der Waals surface area (Å²) < 4.78 is 26.7. The number of nitrogens with two attached hydrogens (primary N) is 1. The maximum absolute atomic E-state index is 11.9. The van der Waals surface area contributed by atoms with Crippen molar-refractivity contribution in [2.24, 2.45) is 5.73 Å². The predicted molar refractivity (Wildman–Crippen MR) is 62.6 cm³/mol. The molecule has 15 heavy (non-hydrogen) atoms. The number of rotatable bonds is 4. The molecule has 0 aliphatic heterocycles. The van der Waals surface area contributed by atoms with Crippen LogP contribution < -0.4 is 10.5 Å². The fourth-order valence-corrected chi connectivity index (χ4v) is 4.19. The van der Waals surface area contributed by atoms with Crippen molar-refractivity contribution in [3.8, 4) is 0 Å². The van der Waals surface area contributed by atoms with Crippen LogP contribution >= 0.6 is 11.3 Å². The largest absolute Gasteiger partial charge is 0.329 e. The maximum atomic E-state index is 11.9. The van der Waals surface area contributed by atoms with E-state index in [4.69, 9.17) is 5.73 Å². The van der Waals surface area contributed by atoms with Crippen molar-refractivity contribution in [3.05, 3.63) is 16.5 Å². The van der Waals surface area contributed by atoms with E-state index < -0.39 is 10.0 Å². The zero-order chi connectivity index (χ0) is 11.6. The van der Waals surface area contributed by atoms with Crippen molar-refractivity contribution in [2.75, 3.05) is 6.54 Å². The monoisotopic (exact) mass is 248 g/mol. The predicted octanol–water partition coefficient (Wildman–Crippen LogP) is 0.990. The van der Waals surface area contributed by atoms with E-state index >= 15 is 0 Å². The molecule has 86 valence electrons. The Balaban J connectivity index is 3.01. The van der Waals surface area contributed by atoms with E-state index in [1.807, 2.05) is 13.0 Å². The Bertz CT molecular complexity index is 437. The summed E-state index contributed by atoms with van der Waals surface area (Å²) in [4.78, 5) is 0.994. The summed E-state index contributed by atoms with van der Waals surface area (Å²) >= 11 is 1.28. The standard InChI is InChI=1S/C9H16N2O2S2/c1-6-4-8(3)14-9(6)15(12,13)11-7(2)5-10/h4,7,11H,5,10H2,1-3H3/t7-/m1/s1. The average molecular weight is 248 g/mol. The molecule has 1 atom stereocenters. The van der Waals surface area contributed by atoms with Gasteiger partial charge < -0.3 is 5.73 Å². The van der Waals surface area contributed by atoms with Crippen LogP contribution in [0.2, 0.25) is 0 Å². The van der Waals surface area contributed by atoms with Gasteiger partial charge in [0.05, 0.1) is 0 Å². The van der Waals surface area contributed by atoms with E-state index in [2.05, 4.69) is 4.72 Å². The third kappa shape index (κ3) is 3.01. The van der Waals surface area contributed by atoms with E-state index in [1.165, 1.54) is 11.3 Å². The van der Waals surface area contributed by atoms with Gasteiger partial charge in [-0.2, -0.15) is 0 Å². The molecule has 0 radical (unpaired) electrons. The summed E-state index contributed by atoms with van der Waals surface area (Å²) in [6.45, 7) is 5.73. The first-order valence-corrected chi connectivity index (χ1v) is 6.96. The molecule has 0 amide bonds. The Labute approximate surface area is 94.5 Å². The minimum atomic E-state index is -3.39. The molecular weight excluding hydrogens is 232 g/mol. The van der Waals surface area contributed by atoms with E-state index in [0.717, 1.165) is 10.4 Å². The third-order valence-corrected chi connectivity index (χ3v) is 5.33. The smallest absolute Gasteiger partial charge is 0.250 e. The van der Waals surface area contributed by atoms with Gasteiger partial charge in [-0.05, 0) is 32.4 Å². The average Bonchev–Trinajstić information content (AvgIpc) is 2.45. The summed E-state index contributed by atoms with van der Waals surface area (Å²) in [6, 6.07) is 1.63. The molecule has 1 heterocycles. The number of aryl methyl sites for hydroxylation is 2. The molecule has 0 unspecified atom stereocenters. The minimum Gasteiger partial charge on any atom is -0.329 e. The Morgan fingerprint density at radius 2 is 2.13 bits per heavy atom. The van der Waals surface area contributed by atoms with Gasteiger partial charge in [-0.1, -0.05) is 0 Å². The molecule has 0 saturated heterocycles. The fraction of sp³-hybridized carbons (Fsp3) is 0.556. The first kappa shape index (κ1) is 12.6. The molecular formula is C9H16N2O2S2. The van der Waals surface area contributed by atoms with Crippen molar-refractivity contribution in [3.63, 3.8) is 0 Å². The summed E-state index contributed by atoms with van der Waals surface area (Å²) in [5.41, 5.74) is 6.16. The molecule has 0 bridgehead atoms. The molecule has 0 saturated carbocycles. The molecule has 4 nitrogen and oxygen atoms in total. The number of hydrogen-bond acceptors (Lipinski definition) is 4. The summed E-state index contributed by atoms with van der Waals surface area (Å²) in [5, 5.41) is 0. The van der Waals surface area contributed by atoms with Gasteiger partial charge in [-0.25, -0.2) is 13.1 Å². The lowest BCUT2D eigenvalue weighted by Gasteiger charge is -2.11. The molecule has 0 aromatic carbocycles. The summed E-state index contributed by atoms with van der Waals surface area (Å²) in [7, 11) is -3.39. The van der Waals surface area contributed by atoms with Gasteiger partial charge in [0.2, 0.25) is 0 Å². The third-order valence-electron chi connectivity index (χ3n) is 1.95. The van der Waals surface area contributed by atoms with Crippen molar-refractivity contribution in [2.45, 2.75) is 31.0 Å². The van der Waals surface area contributed by atoms with E-state index in [-0.39, 0.29) is 6.04 Å². The van der Waals surface area contributed by atoms with E-state index in [9.17, 15) is 8.42 Å². The first-order chi connectivity index (χ1) is 6.86. The normalized spacial score (nSPS) is 14.1. The number of hydrogen-bond donors (Lipinski definition) is 2. The number of thiophene rings is 1. The van der Waals surface area contributed by atoms with Gasteiger partial charge in [0.25, 0.3) is 10.0 Å². The minimum absolute atomic E-state index is 0.239. The molecule has 1 rings (SSSR count). The first-order valence-electron chi connectivity index (χ1n) is 4.66. The second-order valence-corrected chi connectivity index (χ2v) is 6.75. The highest BCUT2D eigenvalue weighted by Gasteiger charge is 2.20. The fourth-order valence-electron chi connectivity index (χ4n) is 1.25. The topological polar surface area (TPSA) is 72.2 Å². The Morgan fingerprint density at radius 3 is 2.53 bits per heavy atom. The molecule has 6 heteroatoms. The highest BCUT2D eigenvalue weighted by molar-refractivity contribution is 7.91. The van der Waals surface area contributed by atoms with Gasteiger partial charge >= 0.3 is 0 Å². The molecule has 3 N–H and O–H groups in total. The van der Waals surface area contributed by atoms with Crippen LogP contribution in [0.25, 0.3) is 0 Å². The Morgan fingerprint density at radius 1 is 1.53 bits per heavy atom. The van der Waals surface area contributed by atoms with Crippen LogP contribution in [0.5, 0.6) is 0 Å². The van der Waals surface area contributed by atoms with Gasteiger partial charge in [0, 0.05) is 17.5 Å². The Kier molecular flexibility index (Phi) is 3.88. The molecule has 0 aliphatic rings. The number of sulfonamides is 1. The van der Waals surface area contributed by atoms with Crippen LogP contribution in [0.3, 0.4) is 0 Å². The van der Waals surface area contributed by atoms with Crippen molar-refractivity contribution >= 4 is 21.4 Å². The van der Waals surface area contributed by atoms with Crippen LogP contribution in [0.4, 0.5) is 0 Å². The van der Waals surface area contributed by atoms with Crippen molar-refractivity contribution in [1.82, 2.24) is 4.72 Å². The second kappa shape index (κ2) is 4.61. The maximum Gasteiger partial charge on any atom is 0.250 e. The SMILES string of the molecule is Cc1cc(C)c(S(=O)(=O)N[C@H](C)CN)s1. The second-order valence-electron chi connectivity index (χ2n) is 3.59. The van der Waals surface area contributed by atoms with E-state index in [0.29, 0.717) is 10.8 Å². The van der Waals surface area contributed by atoms with Crippen molar-refractivity contribution in [1.29, 1.82) is 0 Å². The molecule has 1 aromatic heterocycles. The van der Waals surface area contributed by atoms with Crippen LogP contribution in [0.15, 0.2) is 10.3 Å². The summed E-state index contributed by atoms with van der Waals surface area (Å²) in [6.07, 6.45) is 0. The van der Waals surface area contributed by atoms with Crippen LogP contribution in [-0.2, 0) is 10.0 Å². The van der Waals surface area contributed by atoms with Crippen LogP contribution in [-0.4, -0.2) is 21.0 Å². The molecule has 0 fully saturated rings. The zero-order valence-electron chi connectivity index (χ0n) is 9.07. The van der Waals surface area contributed by atoms with E-state index in [1.54, 1.807) is 13.8 Å². The lowest BCUT2D eigenvalue weighted by atomic mass is 10.4. The highest BCUT2D eigenvalue weighted by Crippen LogP contribution is 2.25. The van der Waals surface area contributed by atoms with Crippen molar-refractivity contribution < 1.29 is 8.42 Å². The van der Waals surface area contributed by atoms with Gasteiger partial charge in [0.15, 0.2) is 0 Å². The molecule has 0 spiro atoms.